The third-order valence-electron chi connectivity index (χ3n) is 5.86. The second-order valence-electron chi connectivity index (χ2n) is 7.51. The molecule has 1 aliphatic carbocycles. The Morgan fingerprint density at radius 2 is 1.73 bits per heavy atom. The summed E-state index contributed by atoms with van der Waals surface area (Å²) in [5.74, 6) is 0.970. The highest BCUT2D eigenvalue weighted by Crippen LogP contribution is 2.36. The molecule has 6 nitrogen and oxygen atoms in total. The molecule has 0 spiro atoms. The van der Waals surface area contributed by atoms with Gasteiger partial charge in [-0.25, -0.2) is 8.42 Å². The van der Waals surface area contributed by atoms with E-state index in [1.54, 1.807) is 4.90 Å². The maximum atomic E-state index is 13.0. The summed E-state index contributed by atoms with van der Waals surface area (Å²) < 4.78 is 30.3. The number of ether oxygens (including phenoxy) is 1. The van der Waals surface area contributed by atoms with Crippen LogP contribution in [0.4, 0.5) is 5.69 Å². The van der Waals surface area contributed by atoms with E-state index in [1.165, 1.54) is 12.8 Å². The zero-order chi connectivity index (χ0) is 18.3. The fraction of sp³-hybridized carbons (Fsp3) is 0.632. The summed E-state index contributed by atoms with van der Waals surface area (Å²) in [6.45, 7) is 2.82. The Labute approximate surface area is 155 Å². The number of hydrogen-bond acceptors (Lipinski definition) is 5. The maximum absolute atomic E-state index is 13.0. The molecule has 4 rings (SSSR count). The largest absolute Gasteiger partial charge is 0.494 e. The molecule has 2 heterocycles. The molecule has 0 N–H and O–H groups in total. The number of amides is 1. The summed E-state index contributed by atoms with van der Waals surface area (Å²) in [4.78, 5) is 16.9. The van der Waals surface area contributed by atoms with Crippen molar-refractivity contribution in [2.24, 2.45) is 0 Å². The Morgan fingerprint density at radius 3 is 2.38 bits per heavy atom. The number of carbonyl (C=O) groups excluding carboxylic acids is 1. The summed E-state index contributed by atoms with van der Waals surface area (Å²) in [5.41, 5.74) is 0.761. The highest BCUT2D eigenvalue weighted by molar-refractivity contribution is 7.91. The van der Waals surface area contributed by atoms with Gasteiger partial charge in [0.1, 0.15) is 5.75 Å². The van der Waals surface area contributed by atoms with E-state index in [0.717, 1.165) is 24.3 Å². The first-order valence-electron chi connectivity index (χ1n) is 9.49. The molecular formula is C19H26N2O4S. The van der Waals surface area contributed by atoms with Gasteiger partial charge in [-0.05, 0) is 44.0 Å². The quantitative estimate of drug-likeness (QED) is 0.800. The molecular weight excluding hydrogens is 352 g/mol. The van der Waals surface area contributed by atoms with Crippen LogP contribution in [0, 0.1) is 0 Å². The second kappa shape index (κ2) is 6.85. The van der Waals surface area contributed by atoms with Crippen LogP contribution in [-0.2, 0) is 14.6 Å². The maximum Gasteiger partial charge on any atom is 0.241 e. The van der Waals surface area contributed by atoms with Gasteiger partial charge >= 0.3 is 0 Å². The van der Waals surface area contributed by atoms with Crippen molar-refractivity contribution in [3.8, 4) is 5.75 Å². The molecule has 3 fully saturated rings. The fourth-order valence-electron chi connectivity index (χ4n) is 4.75. The van der Waals surface area contributed by atoms with Gasteiger partial charge in [0, 0.05) is 17.8 Å². The zero-order valence-corrected chi connectivity index (χ0v) is 16.0. The van der Waals surface area contributed by atoms with E-state index in [0.29, 0.717) is 19.2 Å². The van der Waals surface area contributed by atoms with Gasteiger partial charge in [-0.2, -0.15) is 0 Å². The topological polar surface area (TPSA) is 66.9 Å². The minimum atomic E-state index is -3.13. The summed E-state index contributed by atoms with van der Waals surface area (Å²) in [5, 5.41) is 0. The number of anilines is 1. The normalized spacial score (nSPS) is 29.1. The van der Waals surface area contributed by atoms with Crippen molar-refractivity contribution in [3.63, 3.8) is 0 Å². The third kappa shape index (κ3) is 3.22. The van der Waals surface area contributed by atoms with E-state index in [1.807, 2.05) is 31.2 Å². The average Bonchev–Trinajstić information content (AvgIpc) is 3.22. The Bertz CT molecular complexity index is 771. The number of piperazine rings is 1. The van der Waals surface area contributed by atoms with Gasteiger partial charge in [0.15, 0.2) is 9.84 Å². The van der Waals surface area contributed by atoms with Crippen molar-refractivity contribution < 1.29 is 17.9 Å². The van der Waals surface area contributed by atoms with Gasteiger partial charge in [0.05, 0.1) is 30.7 Å². The highest BCUT2D eigenvalue weighted by atomic mass is 32.2. The molecule has 0 bridgehead atoms. The summed E-state index contributed by atoms with van der Waals surface area (Å²) in [6, 6.07) is 7.36. The molecule has 0 aromatic heterocycles. The first kappa shape index (κ1) is 17.8. The SMILES string of the molecule is CCOc1ccc(N2C(=O)CN(C3CCCC3)[C@H]3CS(=O)(=O)C[C@H]32)cc1. The molecule has 2 aliphatic heterocycles. The lowest BCUT2D eigenvalue weighted by Gasteiger charge is -2.46. The number of rotatable bonds is 4. The minimum Gasteiger partial charge on any atom is -0.494 e. The highest BCUT2D eigenvalue weighted by Gasteiger charge is 2.51. The monoisotopic (exact) mass is 378 g/mol. The Kier molecular flexibility index (Phi) is 4.69. The predicted molar refractivity (Wildman–Crippen MR) is 100 cm³/mol. The van der Waals surface area contributed by atoms with Gasteiger partial charge in [-0.15, -0.1) is 0 Å². The Balaban J connectivity index is 1.64. The first-order chi connectivity index (χ1) is 12.5. The van der Waals surface area contributed by atoms with E-state index in [9.17, 15) is 13.2 Å². The molecule has 1 aromatic rings. The molecule has 3 aliphatic rings. The van der Waals surface area contributed by atoms with Crippen LogP contribution >= 0.6 is 0 Å². The van der Waals surface area contributed by atoms with Crippen LogP contribution in [0.5, 0.6) is 5.75 Å². The molecule has 7 heteroatoms. The van der Waals surface area contributed by atoms with Gasteiger partial charge < -0.3 is 9.64 Å². The number of fused-ring (bicyclic) bond motifs is 1. The van der Waals surface area contributed by atoms with Crippen LogP contribution in [0.2, 0.25) is 0 Å². The summed E-state index contributed by atoms with van der Waals surface area (Å²) in [6.07, 6.45) is 4.48. The predicted octanol–water partition coefficient (Wildman–Crippen LogP) is 1.84. The van der Waals surface area contributed by atoms with E-state index in [4.69, 9.17) is 4.74 Å². The van der Waals surface area contributed by atoms with Crippen LogP contribution in [0.1, 0.15) is 32.6 Å². The number of sulfone groups is 1. The van der Waals surface area contributed by atoms with E-state index in [-0.39, 0.29) is 29.5 Å². The van der Waals surface area contributed by atoms with Crippen molar-refractivity contribution in [2.75, 3.05) is 29.6 Å². The van der Waals surface area contributed by atoms with Crippen molar-refractivity contribution in [1.29, 1.82) is 0 Å². The number of carbonyl (C=O) groups is 1. The van der Waals surface area contributed by atoms with Crippen LogP contribution in [0.3, 0.4) is 0 Å². The summed E-state index contributed by atoms with van der Waals surface area (Å²) >= 11 is 0. The van der Waals surface area contributed by atoms with Crippen molar-refractivity contribution in [1.82, 2.24) is 4.90 Å². The van der Waals surface area contributed by atoms with E-state index in [2.05, 4.69) is 4.90 Å². The third-order valence-corrected chi connectivity index (χ3v) is 7.56. The Hall–Kier alpha value is -1.60. The van der Waals surface area contributed by atoms with Crippen LogP contribution < -0.4 is 9.64 Å². The number of benzene rings is 1. The van der Waals surface area contributed by atoms with Gasteiger partial charge in [0.2, 0.25) is 5.91 Å². The van der Waals surface area contributed by atoms with Gasteiger partial charge in [0.25, 0.3) is 0 Å². The first-order valence-corrected chi connectivity index (χ1v) is 11.3. The molecule has 2 saturated heterocycles. The average molecular weight is 378 g/mol. The number of nitrogens with zero attached hydrogens (tertiary/aromatic N) is 2. The van der Waals surface area contributed by atoms with Gasteiger partial charge in [-0.1, -0.05) is 12.8 Å². The molecule has 1 saturated carbocycles. The zero-order valence-electron chi connectivity index (χ0n) is 15.1. The van der Waals surface area contributed by atoms with Crippen molar-refractivity contribution >= 4 is 21.4 Å². The molecule has 1 amide bonds. The van der Waals surface area contributed by atoms with Crippen LogP contribution in [0.25, 0.3) is 0 Å². The lowest BCUT2D eigenvalue weighted by Crippen LogP contribution is -2.64. The van der Waals surface area contributed by atoms with Crippen molar-refractivity contribution in [2.45, 2.75) is 50.7 Å². The molecule has 0 radical (unpaired) electrons. The standard InChI is InChI=1S/C19H26N2O4S/c1-2-25-16-9-7-15(8-10-16)21-18-13-26(23,24)12-17(18)20(11-19(21)22)14-5-3-4-6-14/h7-10,14,17-18H,2-6,11-13H2,1H3/t17-,18+/m0/s1. The molecule has 1 aromatic carbocycles. The Morgan fingerprint density at radius 1 is 1.08 bits per heavy atom. The summed E-state index contributed by atoms with van der Waals surface area (Å²) in [7, 11) is -3.13. The van der Waals surface area contributed by atoms with Crippen LogP contribution in [0.15, 0.2) is 24.3 Å². The van der Waals surface area contributed by atoms with E-state index >= 15 is 0 Å². The van der Waals surface area contributed by atoms with Crippen LogP contribution in [-0.4, -0.2) is 62.0 Å². The molecule has 2 atom stereocenters. The van der Waals surface area contributed by atoms with Crippen molar-refractivity contribution in [3.05, 3.63) is 24.3 Å². The fourth-order valence-corrected chi connectivity index (χ4v) is 6.71. The van der Waals surface area contributed by atoms with Gasteiger partial charge in [-0.3, -0.25) is 9.69 Å². The molecule has 26 heavy (non-hydrogen) atoms. The second-order valence-corrected chi connectivity index (χ2v) is 9.67. The molecule has 142 valence electrons. The lowest BCUT2D eigenvalue weighted by molar-refractivity contribution is -0.124. The minimum absolute atomic E-state index is 0.000546. The number of hydrogen-bond donors (Lipinski definition) is 0. The van der Waals surface area contributed by atoms with E-state index < -0.39 is 9.84 Å². The smallest absolute Gasteiger partial charge is 0.241 e. The molecule has 0 unspecified atom stereocenters. The lowest BCUT2D eigenvalue weighted by atomic mass is 10.00.